The number of morpholine rings is 1. The van der Waals surface area contributed by atoms with Gasteiger partial charge in [0.1, 0.15) is 5.75 Å². The molecule has 2 aliphatic heterocycles. The zero-order valence-corrected chi connectivity index (χ0v) is 20.7. The normalized spacial score (nSPS) is 16.5. The highest BCUT2D eigenvalue weighted by Crippen LogP contribution is 2.32. The van der Waals surface area contributed by atoms with Gasteiger partial charge in [-0.25, -0.2) is 0 Å². The second-order valence-corrected chi connectivity index (χ2v) is 9.12. The summed E-state index contributed by atoms with van der Waals surface area (Å²) in [6.07, 6.45) is 1.86. The molecule has 0 saturated carbocycles. The number of ether oxygens (including phenoxy) is 2. The number of aromatic nitrogens is 1. The SMILES string of the molecule is COc1cccc(CN(c2cccc(N3CCOCC3)c2)c2ccnc(CN3CCNC(=O)C3)c2)c1. The molecule has 3 aromatic rings. The fourth-order valence-electron chi connectivity index (χ4n) is 4.74. The average molecular weight is 488 g/mol. The predicted molar refractivity (Wildman–Crippen MR) is 141 cm³/mol. The fourth-order valence-corrected chi connectivity index (χ4v) is 4.74. The average Bonchev–Trinajstić information content (AvgIpc) is 2.92. The Labute approximate surface area is 212 Å². The van der Waals surface area contributed by atoms with E-state index in [1.165, 1.54) is 5.69 Å². The van der Waals surface area contributed by atoms with E-state index in [9.17, 15) is 4.79 Å². The first kappa shape index (κ1) is 24.1. The van der Waals surface area contributed by atoms with E-state index in [0.717, 1.165) is 61.2 Å². The maximum Gasteiger partial charge on any atom is 0.234 e. The molecule has 1 N–H and O–H groups in total. The molecule has 8 nitrogen and oxygen atoms in total. The monoisotopic (exact) mass is 487 g/mol. The van der Waals surface area contributed by atoms with Gasteiger partial charge in [-0.05, 0) is 48.0 Å². The summed E-state index contributed by atoms with van der Waals surface area (Å²) in [6.45, 7) is 6.51. The maximum absolute atomic E-state index is 11.8. The summed E-state index contributed by atoms with van der Waals surface area (Å²) in [6, 6.07) is 21.1. The van der Waals surface area contributed by atoms with E-state index in [4.69, 9.17) is 9.47 Å². The van der Waals surface area contributed by atoms with Crippen LogP contribution in [-0.4, -0.2) is 68.8 Å². The van der Waals surface area contributed by atoms with Crippen molar-refractivity contribution in [3.63, 3.8) is 0 Å². The minimum atomic E-state index is 0.0667. The Kier molecular flexibility index (Phi) is 7.64. The highest BCUT2D eigenvalue weighted by molar-refractivity contribution is 5.78. The van der Waals surface area contributed by atoms with Gasteiger partial charge < -0.3 is 24.6 Å². The molecular formula is C28H33N5O3. The van der Waals surface area contributed by atoms with Crippen LogP contribution in [0, 0.1) is 0 Å². The molecule has 36 heavy (non-hydrogen) atoms. The zero-order valence-electron chi connectivity index (χ0n) is 20.7. The van der Waals surface area contributed by atoms with Gasteiger partial charge in [-0.15, -0.1) is 0 Å². The Balaban J connectivity index is 1.46. The standard InChI is InChI=1S/C28H33N5O3/c1-35-27-7-2-4-22(16-27)19-33(25-6-3-5-24(18-25)32-12-14-36-15-13-32)26-8-9-29-23(17-26)20-31-11-10-30-28(34)21-31/h2-9,16-18H,10-15,19-21H2,1H3,(H,30,34). The van der Waals surface area contributed by atoms with E-state index in [0.29, 0.717) is 26.2 Å². The number of nitrogens with one attached hydrogen (secondary N) is 1. The third-order valence-electron chi connectivity index (χ3n) is 6.61. The molecule has 2 fully saturated rings. The van der Waals surface area contributed by atoms with E-state index in [1.807, 2.05) is 24.4 Å². The molecule has 1 amide bonds. The van der Waals surface area contributed by atoms with Crippen molar-refractivity contribution in [3.8, 4) is 5.75 Å². The molecule has 8 heteroatoms. The van der Waals surface area contributed by atoms with Gasteiger partial charge in [-0.2, -0.15) is 0 Å². The second-order valence-electron chi connectivity index (χ2n) is 9.12. The van der Waals surface area contributed by atoms with Gasteiger partial charge in [0, 0.05) is 62.5 Å². The molecule has 188 valence electrons. The third-order valence-corrected chi connectivity index (χ3v) is 6.61. The van der Waals surface area contributed by atoms with E-state index < -0.39 is 0 Å². The Morgan fingerprint density at radius 1 is 1.03 bits per heavy atom. The van der Waals surface area contributed by atoms with Crippen molar-refractivity contribution < 1.29 is 14.3 Å². The molecule has 0 atom stereocenters. The number of methoxy groups -OCH3 is 1. The van der Waals surface area contributed by atoms with E-state index in [1.54, 1.807) is 7.11 Å². The zero-order chi connectivity index (χ0) is 24.7. The molecule has 0 spiro atoms. The van der Waals surface area contributed by atoms with Gasteiger partial charge >= 0.3 is 0 Å². The van der Waals surface area contributed by atoms with Crippen LogP contribution >= 0.6 is 0 Å². The number of benzene rings is 2. The number of carbonyl (C=O) groups is 1. The Morgan fingerprint density at radius 2 is 1.86 bits per heavy atom. The Hall–Kier alpha value is -3.62. The lowest BCUT2D eigenvalue weighted by Gasteiger charge is -2.31. The minimum Gasteiger partial charge on any atom is -0.497 e. The maximum atomic E-state index is 11.8. The highest BCUT2D eigenvalue weighted by Gasteiger charge is 2.19. The van der Waals surface area contributed by atoms with Crippen molar-refractivity contribution >= 4 is 23.0 Å². The van der Waals surface area contributed by atoms with Crippen molar-refractivity contribution in [2.24, 2.45) is 0 Å². The summed E-state index contributed by atoms with van der Waals surface area (Å²) in [4.78, 5) is 23.3. The number of rotatable bonds is 8. The van der Waals surface area contributed by atoms with Gasteiger partial charge in [-0.3, -0.25) is 14.7 Å². The number of hydrogen-bond acceptors (Lipinski definition) is 7. The van der Waals surface area contributed by atoms with E-state index >= 15 is 0 Å². The topological polar surface area (TPSA) is 70.2 Å². The summed E-state index contributed by atoms with van der Waals surface area (Å²) in [5.41, 5.74) is 5.46. The van der Waals surface area contributed by atoms with Gasteiger partial charge in [-0.1, -0.05) is 18.2 Å². The fraction of sp³-hybridized carbons (Fsp3) is 0.357. The van der Waals surface area contributed by atoms with E-state index in [-0.39, 0.29) is 5.91 Å². The van der Waals surface area contributed by atoms with E-state index in [2.05, 4.69) is 67.5 Å². The number of piperazine rings is 1. The summed E-state index contributed by atoms with van der Waals surface area (Å²) in [5.74, 6) is 0.908. The molecule has 2 saturated heterocycles. The molecule has 0 radical (unpaired) electrons. The van der Waals surface area contributed by atoms with Crippen molar-refractivity contribution in [1.82, 2.24) is 15.2 Å². The van der Waals surface area contributed by atoms with Crippen LogP contribution in [0.25, 0.3) is 0 Å². The number of carbonyl (C=O) groups excluding carboxylic acids is 1. The predicted octanol–water partition coefficient (Wildman–Crippen LogP) is 3.20. The smallest absolute Gasteiger partial charge is 0.234 e. The molecule has 5 rings (SSSR count). The number of nitrogens with zero attached hydrogens (tertiary/aromatic N) is 4. The lowest BCUT2D eigenvalue weighted by Crippen LogP contribution is -2.47. The van der Waals surface area contributed by atoms with Crippen LogP contribution in [0.4, 0.5) is 17.1 Å². The lowest BCUT2D eigenvalue weighted by molar-refractivity contribution is -0.124. The van der Waals surface area contributed by atoms with Crippen LogP contribution in [0.15, 0.2) is 66.9 Å². The van der Waals surface area contributed by atoms with Crippen LogP contribution in [0.1, 0.15) is 11.3 Å². The highest BCUT2D eigenvalue weighted by atomic mass is 16.5. The minimum absolute atomic E-state index is 0.0667. The number of amides is 1. The molecule has 0 bridgehead atoms. The third kappa shape index (κ3) is 5.95. The van der Waals surface area contributed by atoms with Crippen LogP contribution in [0.3, 0.4) is 0 Å². The first-order valence-electron chi connectivity index (χ1n) is 12.5. The van der Waals surface area contributed by atoms with Crippen LogP contribution in [-0.2, 0) is 22.6 Å². The van der Waals surface area contributed by atoms with Crippen molar-refractivity contribution in [2.75, 3.05) is 62.8 Å². The van der Waals surface area contributed by atoms with Crippen LogP contribution in [0.5, 0.6) is 5.75 Å². The molecular weight excluding hydrogens is 454 g/mol. The van der Waals surface area contributed by atoms with Crippen molar-refractivity contribution in [1.29, 1.82) is 0 Å². The molecule has 1 aromatic heterocycles. The molecule has 2 aromatic carbocycles. The number of hydrogen-bond donors (Lipinski definition) is 1. The van der Waals surface area contributed by atoms with Gasteiger partial charge in [0.05, 0.1) is 32.6 Å². The largest absolute Gasteiger partial charge is 0.497 e. The first-order chi connectivity index (χ1) is 17.7. The van der Waals surface area contributed by atoms with Gasteiger partial charge in [0.2, 0.25) is 5.91 Å². The quantitative estimate of drug-likeness (QED) is 0.523. The van der Waals surface area contributed by atoms with Crippen LogP contribution in [0.2, 0.25) is 0 Å². The Morgan fingerprint density at radius 3 is 2.69 bits per heavy atom. The molecule has 3 heterocycles. The molecule has 0 aliphatic carbocycles. The second kappa shape index (κ2) is 11.4. The van der Waals surface area contributed by atoms with Crippen LogP contribution < -0.4 is 19.9 Å². The van der Waals surface area contributed by atoms with Gasteiger partial charge in [0.25, 0.3) is 0 Å². The molecule has 2 aliphatic rings. The van der Waals surface area contributed by atoms with Gasteiger partial charge in [0.15, 0.2) is 0 Å². The number of anilines is 3. The summed E-state index contributed by atoms with van der Waals surface area (Å²) in [7, 11) is 1.69. The summed E-state index contributed by atoms with van der Waals surface area (Å²) in [5, 5.41) is 2.89. The summed E-state index contributed by atoms with van der Waals surface area (Å²) < 4.78 is 11.0. The lowest BCUT2D eigenvalue weighted by atomic mass is 10.1. The van der Waals surface area contributed by atoms with Crippen molar-refractivity contribution in [2.45, 2.75) is 13.1 Å². The summed E-state index contributed by atoms with van der Waals surface area (Å²) >= 11 is 0. The first-order valence-corrected chi connectivity index (χ1v) is 12.5. The Bertz CT molecular complexity index is 1180. The molecule has 0 unspecified atom stereocenters. The van der Waals surface area contributed by atoms with Crippen molar-refractivity contribution in [3.05, 3.63) is 78.1 Å². The number of pyridine rings is 1.